The van der Waals surface area contributed by atoms with Gasteiger partial charge in [-0.1, -0.05) is 69.0 Å². The molecule has 8 rings (SSSR count). The number of hydrogen-bond acceptors (Lipinski definition) is 3. The van der Waals surface area contributed by atoms with E-state index < -0.39 is 0 Å². The van der Waals surface area contributed by atoms with Gasteiger partial charge < -0.3 is 0 Å². The van der Waals surface area contributed by atoms with Crippen molar-refractivity contribution in [2.24, 2.45) is 0 Å². The number of thiazole rings is 1. The Bertz CT molecular complexity index is 1820. The fourth-order valence-electron chi connectivity index (χ4n) is 7.07. The maximum absolute atomic E-state index is 4.51. The Labute approximate surface area is 233 Å². The summed E-state index contributed by atoms with van der Waals surface area (Å²) in [6.07, 6.45) is 6.36. The summed E-state index contributed by atoms with van der Waals surface area (Å²) in [6, 6.07) is 21.1. The normalized spacial score (nSPS) is 17.7. The molecule has 0 fully saturated rings. The van der Waals surface area contributed by atoms with Gasteiger partial charge in [-0.3, -0.25) is 9.46 Å². The first-order chi connectivity index (χ1) is 18.2. The molecule has 0 unspecified atom stereocenters. The first-order valence-electron chi connectivity index (χ1n) is 13.6. The van der Waals surface area contributed by atoms with Crippen LogP contribution in [-0.2, 0) is 10.8 Å². The van der Waals surface area contributed by atoms with Crippen molar-refractivity contribution in [3.8, 4) is 21.7 Å². The van der Waals surface area contributed by atoms with Crippen molar-refractivity contribution in [2.45, 2.75) is 68.1 Å². The van der Waals surface area contributed by atoms with Gasteiger partial charge in [-0.25, -0.2) is 0 Å². The van der Waals surface area contributed by atoms with E-state index in [1.807, 2.05) is 35.5 Å². The van der Waals surface area contributed by atoms with E-state index in [9.17, 15) is 0 Å². The molecular weight excluding hydrogens is 499 g/mol. The highest BCUT2D eigenvalue weighted by molar-refractivity contribution is 8.00. The van der Waals surface area contributed by atoms with Crippen molar-refractivity contribution in [1.29, 1.82) is 0 Å². The van der Waals surface area contributed by atoms with E-state index in [1.165, 1.54) is 71.0 Å². The van der Waals surface area contributed by atoms with Crippen LogP contribution in [0.5, 0.6) is 0 Å². The molecule has 3 aliphatic rings. The summed E-state index contributed by atoms with van der Waals surface area (Å²) in [6.45, 7) is 12.2. The van der Waals surface area contributed by atoms with Crippen molar-refractivity contribution >= 4 is 51.1 Å². The molecule has 2 nitrogen and oxygen atoms in total. The Morgan fingerprint density at radius 1 is 0.868 bits per heavy atom. The fraction of sp³-hybridized carbons (Fsp3) is 0.273. The van der Waals surface area contributed by atoms with Gasteiger partial charge in [0.05, 0.1) is 11.1 Å². The van der Waals surface area contributed by atoms with Gasteiger partial charge in [0.1, 0.15) is 4.70 Å². The minimum Gasteiger partial charge on any atom is -0.264 e. The largest absolute Gasteiger partial charge is 0.563 e. The number of rotatable bonds is 1. The van der Waals surface area contributed by atoms with Gasteiger partial charge in [0.25, 0.3) is 0 Å². The van der Waals surface area contributed by atoms with Crippen LogP contribution in [0.1, 0.15) is 57.2 Å². The van der Waals surface area contributed by atoms with Crippen LogP contribution in [0.15, 0.2) is 76.8 Å². The van der Waals surface area contributed by atoms with Crippen molar-refractivity contribution in [3.63, 3.8) is 0 Å². The predicted molar refractivity (Wildman–Crippen MR) is 162 cm³/mol. The number of nitrogens with zero attached hydrogens (tertiary/aromatic N) is 2. The maximum Gasteiger partial charge on any atom is 0.563 e. The Kier molecular flexibility index (Phi) is 4.61. The second-order valence-corrected chi connectivity index (χ2v) is 14.7. The van der Waals surface area contributed by atoms with Gasteiger partial charge in [0.15, 0.2) is 0 Å². The average molecular weight is 530 g/mol. The van der Waals surface area contributed by atoms with E-state index in [1.54, 1.807) is 11.1 Å². The van der Waals surface area contributed by atoms with Gasteiger partial charge in [0.2, 0.25) is 10.5 Å². The number of benzene rings is 3. The van der Waals surface area contributed by atoms with Crippen LogP contribution in [0, 0.1) is 6.92 Å². The molecule has 1 aliphatic carbocycles. The third-order valence-electron chi connectivity index (χ3n) is 9.18. The van der Waals surface area contributed by atoms with Crippen molar-refractivity contribution < 1.29 is 4.48 Å². The Morgan fingerprint density at radius 2 is 1.66 bits per heavy atom. The van der Waals surface area contributed by atoms with Crippen LogP contribution in [0.2, 0.25) is 0 Å². The lowest BCUT2D eigenvalue weighted by Crippen LogP contribution is -2.70. The molecule has 2 aliphatic heterocycles. The van der Waals surface area contributed by atoms with E-state index in [2.05, 4.69) is 98.7 Å². The molecule has 0 saturated heterocycles. The summed E-state index contributed by atoms with van der Waals surface area (Å²) >= 11 is 3.88. The Hall–Kier alpha value is -2.89. The van der Waals surface area contributed by atoms with Crippen LogP contribution in [-0.4, -0.2) is 11.8 Å². The third-order valence-corrected chi connectivity index (χ3v) is 11.5. The molecular formula is C33H30BN2S2+. The second-order valence-electron chi connectivity index (χ2n) is 12.6. The maximum atomic E-state index is 4.51. The van der Waals surface area contributed by atoms with Gasteiger partial charge in [0, 0.05) is 33.1 Å². The van der Waals surface area contributed by atoms with Crippen LogP contribution < -0.4 is 15.4 Å². The second kappa shape index (κ2) is 7.61. The van der Waals surface area contributed by atoms with Crippen LogP contribution in [0.4, 0.5) is 0 Å². The number of hydrogen-bond donors (Lipinski definition) is 0. The number of aryl methyl sites for hydroxylation is 1. The summed E-state index contributed by atoms with van der Waals surface area (Å²) in [5.74, 6) is 0. The summed E-state index contributed by atoms with van der Waals surface area (Å²) in [4.78, 5) is 7.34. The summed E-state index contributed by atoms with van der Waals surface area (Å²) in [5.41, 5.74) is 13.0. The summed E-state index contributed by atoms with van der Waals surface area (Å²) in [5, 5.41) is 1.29. The lowest BCUT2D eigenvalue weighted by atomic mass is 9.46. The predicted octanol–water partition coefficient (Wildman–Crippen LogP) is 7.01. The molecule has 5 aromatic rings. The summed E-state index contributed by atoms with van der Waals surface area (Å²) in [7, 11) is 0. The lowest BCUT2D eigenvalue weighted by Gasteiger charge is -2.43. The minimum atomic E-state index is 0.154. The summed E-state index contributed by atoms with van der Waals surface area (Å²) < 4.78 is 3.99. The quantitative estimate of drug-likeness (QED) is 0.213. The van der Waals surface area contributed by atoms with Crippen molar-refractivity contribution in [1.82, 2.24) is 4.98 Å². The molecule has 0 bridgehead atoms. The van der Waals surface area contributed by atoms with Crippen LogP contribution in [0.3, 0.4) is 0 Å². The van der Waals surface area contributed by atoms with Gasteiger partial charge in [-0.2, -0.15) is 0 Å². The van der Waals surface area contributed by atoms with Crippen molar-refractivity contribution in [2.75, 3.05) is 0 Å². The zero-order chi connectivity index (χ0) is 26.0. The van der Waals surface area contributed by atoms with E-state index >= 15 is 0 Å². The standard InChI is InChI=1S/C33H30BN2S2/c1-19-14-22-21-9-6-10-26-30(21)36(31(38-26)20-8-7-13-35-18-20)34-25-16-23-24(33(4,5)12-11-32(23,2)3)17-27(25)37-28(15-19)29(22)34/h6-10,13-18H,11-12H2,1-5H3/q+1. The fourth-order valence-corrected chi connectivity index (χ4v) is 9.54. The molecule has 4 heterocycles. The van der Waals surface area contributed by atoms with E-state index in [-0.39, 0.29) is 17.7 Å². The van der Waals surface area contributed by atoms with Gasteiger partial charge in [-0.05, 0) is 89.2 Å². The molecule has 0 N–H and O–H groups in total. The first-order valence-corrected chi connectivity index (χ1v) is 15.3. The lowest BCUT2D eigenvalue weighted by molar-refractivity contribution is -0.485. The first kappa shape index (κ1) is 23.0. The molecule has 5 heteroatoms. The Balaban J connectivity index is 1.51. The molecule has 0 spiro atoms. The van der Waals surface area contributed by atoms with E-state index in [0.717, 1.165) is 0 Å². The SMILES string of the molecule is Cc1cc2c3c(c1)-c1cccc4sc(-c5cccnc5)[n+](c14)B3c1cc3c(cc1S2)C(C)(C)CCC3(C)C. The molecule has 2 aromatic heterocycles. The average Bonchev–Trinajstić information content (AvgIpc) is 3.29. The number of aromatic nitrogens is 2. The molecule has 38 heavy (non-hydrogen) atoms. The Morgan fingerprint density at radius 3 is 2.42 bits per heavy atom. The highest BCUT2D eigenvalue weighted by Gasteiger charge is 2.51. The number of para-hydroxylation sites is 1. The van der Waals surface area contributed by atoms with Crippen LogP contribution in [0.25, 0.3) is 31.9 Å². The molecule has 0 radical (unpaired) electrons. The number of fused-ring (bicyclic) bond motifs is 5. The highest BCUT2D eigenvalue weighted by Crippen LogP contribution is 2.48. The molecule has 0 amide bonds. The highest BCUT2D eigenvalue weighted by atomic mass is 32.2. The monoisotopic (exact) mass is 529 g/mol. The van der Waals surface area contributed by atoms with Crippen LogP contribution >= 0.6 is 23.1 Å². The third kappa shape index (κ3) is 3.03. The molecule has 0 saturated carbocycles. The molecule has 3 aromatic carbocycles. The topological polar surface area (TPSA) is 16.8 Å². The van der Waals surface area contributed by atoms with E-state index in [0.29, 0.717) is 0 Å². The smallest absolute Gasteiger partial charge is 0.264 e. The molecule has 186 valence electrons. The van der Waals surface area contributed by atoms with Crippen molar-refractivity contribution in [3.05, 3.63) is 83.7 Å². The van der Waals surface area contributed by atoms with Gasteiger partial charge >= 0.3 is 6.85 Å². The number of pyridine rings is 1. The van der Waals surface area contributed by atoms with Gasteiger partial charge in [-0.15, -0.1) is 0 Å². The minimum absolute atomic E-state index is 0.154. The molecule has 0 atom stereocenters. The van der Waals surface area contributed by atoms with E-state index in [4.69, 9.17) is 0 Å². The zero-order valence-corrected chi connectivity index (χ0v) is 24.2. The zero-order valence-electron chi connectivity index (χ0n) is 22.6.